The van der Waals surface area contributed by atoms with Crippen molar-refractivity contribution in [2.45, 2.75) is 32.4 Å². The molecule has 82 valence electrons. The van der Waals surface area contributed by atoms with Crippen molar-refractivity contribution in [3.05, 3.63) is 18.7 Å². The molecule has 1 aliphatic rings. The highest BCUT2D eigenvalue weighted by Gasteiger charge is 2.22. The Hall–Kier alpha value is -1.16. The molecule has 15 heavy (non-hydrogen) atoms. The molecule has 2 heterocycles. The molecule has 1 unspecified atom stereocenters. The lowest BCUT2D eigenvalue weighted by Gasteiger charge is -2.19. The van der Waals surface area contributed by atoms with Crippen molar-refractivity contribution in [2.75, 3.05) is 18.0 Å². The first kappa shape index (κ1) is 10.4. The van der Waals surface area contributed by atoms with E-state index in [9.17, 15) is 0 Å². The first-order chi connectivity index (χ1) is 7.25. The van der Waals surface area contributed by atoms with E-state index in [-0.39, 0.29) is 0 Å². The summed E-state index contributed by atoms with van der Waals surface area (Å²) in [4.78, 5) is 10.4. The van der Waals surface area contributed by atoms with Crippen molar-refractivity contribution in [1.82, 2.24) is 15.3 Å². The fourth-order valence-corrected chi connectivity index (χ4v) is 2.06. The predicted molar refractivity (Wildman–Crippen MR) is 60.9 cm³/mol. The van der Waals surface area contributed by atoms with E-state index in [4.69, 9.17) is 0 Å². The third kappa shape index (κ3) is 2.65. The molecule has 0 saturated carbocycles. The molecule has 1 aromatic heterocycles. The van der Waals surface area contributed by atoms with Crippen LogP contribution < -0.4 is 10.2 Å². The van der Waals surface area contributed by atoms with Crippen molar-refractivity contribution >= 4 is 5.69 Å². The summed E-state index contributed by atoms with van der Waals surface area (Å²) >= 11 is 0. The molecule has 0 bridgehead atoms. The Morgan fingerprint density at radius 3 is 2.80 bits per heavy atom. The van der Waals surface area contributed by atoms with Crippen molar-refractivity contribution in [2.24, 2.45) is 0 Å². The van der Waals surface area contributed by atoms with E-state index >= 15 is 0 Å². The maximum absolute atomic E-state index is 4.04. The zero-order valence-electron chi connectivity index (χ0n) is 9.35. The van der Waals surface area contributed by atoms with Crippen molar-refractivity contribution in [3.8, 4) is 0 Å². The maximum atomic E-state index is 4.04. The summed E-state index contributed by atoms with van der Waals surface area (Å²) < 4.78 is 0. The van der Waals surface area contributed by atoms with E-state index in [0.717, 1.165) is 18.8 Å². The van der Waals surface area contributed by atoms with Crippen molar-refractivity contribution < 1.29 is 0 Å². The van der Waals surface area contributed by atoms with Crippen LogP contribution in [0.5, 0.6) is 0 Å². The van der Waals surface area contributed by atoms with Gasteiger partial charge in [0.1, 0.15) is 6.33 Å². The molecule has 2 rings (SSSR count). The van der Waals surface area contributed by atoms with Crippen LogP contribution in [0.15, 0.2) is 18.7 Å². The van der Waals surface area contributed by atoms with E-state index in [2.05, 4.69) is 34.0 Å². The van der Waals surface area contributed by atoms with Crippen LogP contribution in [0.1, 0.15) is 20.3 Å². The molecule has 1 aliphatic heterocycles. The Labute approximate surface area is 90.7 Å². The monoisotopic (exact) mass is 206 g/mol. The number of hydrogen-bond acceptors (Lipinski definition) is 4. The highest BCUT2D eigenvalue weighted by atomic mass is 15.2. The van der Waals surface area contributed by atoms with Crippen LogP contribution in [0, 0.1) is 0 Å². The molecule has 4 heteroatoms. The van der Waals surface area contributed by atoms with Crippen LogP contribution >= 0.6 is 0 Å². The van der Waals surface area contributed by atoms with Gasteiger partial charge in [0.2, 0.25) is 0 Å². The molecular formula is C11H18N4. The Bertz CT molecular complexity index is 299. The van der Waals surface area contributed by atoms with Gasteiger partial charge >= 0.3 is 0 Å². The minimum atomic E-state index is 0.557. The number of hydrogen-bond donors (Lipinski definition) is 1. The Morgan fingerprint density at radius 2 is 2.13 bits per heavy atom. The molecule has 1 N–H and O–H groups in total. The van der Waals surface area contributed by atoms with Gasteiger partial charge in [0.25, 0.3) is 0 Å². The summed E-state index contributed by atoms with van der Waals surface area (Å²) in [6.45, 7) is 6.53. The van der Waals surface area contributed by atoms with Gasteiger partial charge in [-0.1, -0.05) is 13.8 Å². The van der Waals surface area contributed by atoms with E-state index in [0.29, 0.717) is 12.1 Å². The van der Waals surface area contributed by atoms with E-state index in [1.165, 1.54) is 6.42 Å². The SMILES string of the molecule is CC(C)NC1CCN(c2cncnc2)C1. The number of rotatable bonds is 3. The number of nitrogens with one attached hydrogen (secondary N) is 1. The minimum absolute atomic E-state index is 0.557. The van der Waals surface area contributed by atoms with Crippen molar-refractivity contribution in [1.29, 1.82) is 0 Å². The molecule has 1 atom stereocenters. The van der Waals surface area contributed by atoms with Gasteiger partial charge in [0, 0.05) is 25.2 Å². The predicted octanol–water partition coefficient (Wildman–Crippen LogP) is 1.05. The summed E-state index contributed by atoms with van der Waals surface area (Å²) in [5, 5.41) is 3.56. The maximum Gasteiger partial charge on any atom is 0.115 e. The van der Waals surface area contributed by atoms with E-state index in [1.807, 2.05) is 12.4 Å². The lowest BCUT2D eigenvalue weighted by Crippen LogP contribution is -2.37. The topological polar surface area (TPSA) is 41.0 Å². The zero-order chi connectivity index (χ0) is 10.7. The minimum Gasteiger partial charge on any atom is -0.367 e. The van der Waals surface area contributed by atoms with Gasteiger partial charge in [0.05, 0.1) is 18.1 Å². The fraction of sp³-hybridized carbons (Fsp3) is 0.636. The summed E-state index contributed by atoms with van der Waals surface area (Å²) in [7, 11) is 0. The molecule has 0 spiro atoms. The second kappa shape index (κ2) is 4.57. The third-order valence-electron chi connectivity index (χ3n) is 2.67. The van der Waals surface area contributed by atoms with Gasteiger partial charge in [-0.3, -0.25) is 0 Å². The molecule has 0 amide bonds. The standard InChI is InChI=1S/C11H18N4/c1-9(2)14-10-3-4-15(7-10)11-5-12-8-13-6-11/h5-6,8-10,14H,3-4,7H2,1-2H3. The highest BCUT2D eigenvalue weighted by Crippen LogP contribution is 2.18. The number of aromatic nitrogens is 2. The summed E-state index contributed by atoms with van der Waals surface area (Å²) in [6, 6.07) is 1.16. The summed E-state index contributed by atoms with van der Waals surface area (Å²) in [6.07, 6.45) is 6.53. The van der Waals surface area contributed by atoms with Crippen LogP contribution in [0.25, 0.3) is 0 Å². The Morgan fingerprint density at radius 1 is 1.40 bits per heavy atom. The van der Waals surface area contributed by atoms with Crippen LogP contribution in [0.2, 0.25) is 0 Å². The normalized spacial score (nSPS) is 21.3. The van der Waals surface area contributed by atoms with Crippen molar-refractivity contribution in [3.63, 3.8) is 0 Å². The quantitative estimate of drug-likeness (QED) is 0.802. The lowest BCUT2D eigenvalue weighted by molar-refractivity contribution is 0.492. The number of nitrogens with zero attached hydrogens (tertiary/aromatic N) is 3. The second-order valence-corrected chi connectivity index (χ2v) is 4.35. The number of anilines is 1. The Kier molecular flexibility index (Phi) is 3.16. The smallest absolute Gasteiger partial charge is 0.115 e. The average molecular weight is 206 g/mol. The zero-order valence-corrected chi connectivity index (χ0v) is 9.35. The molecule has 0 aromatic carbocycles. The highest BCUT2D eigenvalue weighted by molar-refractivity contribution is 5.42. The van der Waals surface area contributed by atoms with E-state index < -0.39 is 0 Å². The fourth-order valence-electron chi connectivity index (χ4n) is 2.06. The van der Waals surface area contributed by atoms with Gasteiger partial charge in [0.15, 0.2) is 0 Å². The molecule has 0 radical (unpaired) electrons. The van der Waals surface area contributed by atoms with Crippen LogP contribution in [0.4, 0.5) is 5.69 Å². The largest absolute Gasteiger partial charge is 0.367 e. The van der Waals surface area contributed by atoms with Gasteiger partial charge < -0.3 is 10.2 Å². The van der Waals surface area contributed by atoms with E-state index in [1.54, 1.807) is 6.33 Å². The lowest BCUT2D eigenvalue weighted by atomic mass is 10.2. The molecule has 4 nitrogen and oxygen atoms in total. The third-order valence-corrected chi connectivity index (χ3v) is 2.67. The average Bonchev–Trinajstić information content (AvgIpc) is 2.67. The van der Waals surface area contributed by atoms with Gasteiger partial charge in [-0.25, -0.2) is 9.97 Å². The summed E-state index contributed by atoms with van der Waals surface area (Å²) in [5.74, 6) is 0. The van der Waals surface area contributed by atoms with Crippen LogP contribution in [-0.2, 0) is 0 Å². The van der Waals surface area contributed by atoms with Gasteiger partial charge in [-0.05, 0) is 6.42 Å². The summed E-state index contributed by atoms with van der Waals surface area (Å²) in [5.41, 5.74) is 1.13. The first-order valence-corrected chi connectivity index (χ1v) is 5.51. The Balaban J connectivity index is 1.93. The van der Waals surface area contributed by atoms with Gasteiger partial charge in [-0.15, -0.1) is 0 Å². The van der Waals surface area contributed by atoms with Gasteiger partial charge in [-0.2, -0.15) is 0 Å². The molecule has 1 aromatic rings. The van der Waals surface area contributed by atoms with Crippen LogP contribution in [0.3, 0.4) is 0 Å². The molecule has 1 saturated heterocycles. The molecule has 1 fully saturated rings. The first-order valence-electron chi connectivity index (χ1n) is 5.51. The molecule has 0 aliphatic carbocycles. The molecular weight excluding hydrogens is 188 g/mol. The second-order valence-electron chi connectivity index (χ2n) is 4.35. The van der Waals surface area contributed by atoms with Crippen LogP contribution in [-0.4, -0.2) is 35.1 Å².